The summed E-state index contributed by atoms with van der Waals surface area (Å²) in [5.74, 6) is -0.312. The lowest BCUT2D eigenvalue weighted by Crippen LogP contribution is -2.44. The quantitative estimate of drug-likeness (QED) is 0.893. The van der Waals surface area contributed by atoms with Gasteiger partial charge in [-0.3, -0.25) is 4.79 Å². The summed E-state index contributed by atoms with van der Waals surface area (Å²) >= 11 is 3.30. The SMILES string of the molecule is CNC1CCN(C(=O)Cc2cc(Br)ccc2F)CC1.Cl. The molecule has 0 aromatic heterocycles. The molecule has 0 unspecified atom stereocenters. The van der Waals surface area contributed by atoms with E-state index in [4.69, 9.17) is 0 Å². The zero-order valence-corrected chi connectivity index (χ0v) is 13.8. The number of rotatable bonds is 3. The zero-order valence-electron chi connectivity index (χ0n) is 11.4. The molecule has 0 atom stereocenters. The molecule has 1 saturated heterocycles. The fraction of sp³-hybridized carbons (Fsp3) is 0.500. The molecule has 1 aliphatic heterocycles. The lowest BCUT2D eigenvalue weighted by Gasteiger charge is -2.32. The minimum absolute atomic E-state index is 0. The maximum absolute atomic E-state index is 13.6. The van der Waals surface area contributed by atoms with Gasteiger partial charge in [-0.05, 0) is 43.7 Å². The number of hydrogen-bond acceptors (Lipinski definition) is 2. The van der Waals surface area contributed by atoms with Gasteiger partial charge in [-0.2, -0.15) is 0 Å². The Hall–Kier alpha value is -0.650. The van der Waals surface area contributed by atoms with Crippen LogP contribution in [0.15, 0.2) is 22.7 Å². The predicted molar refractivity (Wildman–Crippen MR) is 83.7 cm³/mol. The standard InChI is InChI=1S/C14H18BrFN2O.ClH/c1-17-12-4-6-18(7-5-12)14(19)9-10-8-11(15)2-3-13(10)16;/h2-3,8,12,17H,4-7,9H2,1H3;1H. The van der Waals surface area contributed by atoms with E-state index in [9.17, 15) is 9.18 Å². The highest BCUT2D eigenvalue weighted by Crippen LogP contribution is 2.18. The number of benzene rings is 1. The van der Waals surface area contributed by atoms with Gasteiger partial charge in [0.05, 0.1) is 6.42 Å². The fourth-order valence-electron chi connectivity index (χ4n) is 2.37. The van der Waals surface area contributed by atoms with Gasteiger partial charge in [-0.25, -0.2) is 4.39 Å². The van der Waals surface area contributed by atoms with Crippen LogP contribution in [0.3, 0.4) is 0 Å². The first-order valence-electron chi connectivity index (χ1n) is 6.49. The minimum atomic E-state index is -0.318. The van der Waals surface area contributed by atoms with Crippen LogP contribution in [0.1, 0.15) is 18.4 Å². The smallest absolute Gasteiger partial charge is 0.227 e. The van der Waals surface area contributed by atoms with Gasteiger partial charge < -0.3 is 10.2 Å². The van der Waals surface area contributed by atoms with E-state index < -0.39 is 0 Å². The Balaban J connectivity index is 0.00000200. The van der Waals surface area contributed by atoms with E-state index in [1.54, 1.807) is 12.1 Å². The van der Waals surface area contributed by atoms with Gasteiger partial charge in [-0.1, -0.05) is 15.9 Å². The van der Waals surface area contributed by atoms with E-state index in [0.29, 0.717) is 11.6 Å². The molecule has 0 saturated carbocycles. The second-order valence-electron chi connectivity index (χ2n) is 4.86. The van der Waals surface area contributed by atoms with Crippen molar-refractivity contribution in [2.45, 2.75) is 25.3 Å². The Morgan fingerprint density at radius 2 is 2.10 bits per heavy atom. The Morgan fingerprint density at radius 1 is 1.45 bits per heavy atom. The third-order valence-electron chi connectivity index (χ3n) is 3.61. The molecule has 20 heavy (non-hydrogen) atoms. The predicted octanol–water partition coefficient (Wildman–Crippen LogP) is 2.76. The molecule has 1 aliphatic rings. The molecule has 0 radical (unpaired) electrons. The monoisotopic (exact) mass is 364 g/mol. The van der Waals surface area contributed by atoms with Gasteiger partial charge in [0.15, 0.2) is 0 Å². The zero-order chi connectivity index (χ0) is 13.8. The highest BCUT2D eigenvalue weighted by atomic mass is 79.9. The van der Waals surface area contributed by atoms with Gasteiger partial charge in [0.2, 0.25) is 5.91 Å². The largest absolute Gasteiger partial charge is 0.342 e. The summed E-state index contributed by atoms with van der Waals surface area (Å²) < 4.78 is 14.4. The van der Waals surface area contributed by atoms with Crippen LogP contribution in [0.4, 0.5) is 4.39 Å². The van der Waals surface area contributed by atoms with Crippen LogP contribution in [0.25, 0.3) is 0 Å². The molecule has 0 aliphatic carbocycles. The number of carbonyl (C=O) groups is 1. The highest BCUT2D eigenvalue weighted by molar-refractivity contribution is 9.10. The first-order valence-corrected chi connectivity index (χ1v) is 7.28. The summed E-state index contributed by atoms with van der Waals surface area (Å²) in [6.07, 6.45) is 2.06. The minimum Gasteiger partial charge on any atom is -0.342 e. The fourth-order valence-corrected chi connectivity index (χ4v) is 2.78. The van der Waals surface area contributed by atoms with Crippen molar-refractivity contribution in [1.29, 1.82) is 0 Å². The molecule has 112 valence electrons. The van der Waals surface area contributed by atoms with Crippen LogP contribution in [-0.4, -0.2) is 37.0 Å². The van der Waals surface area contributed by atoms with E-state index in [0.717, 1.165) is 30.4 Å². The molecule has 0 spiro atoms. The number of nitrogens with one attached hydrogen (secondary N) is 1. The van der Waals surface area contributed by atoms with Gasteiger partial charge in [0.25, 0.3) is 0 Å². The lowest BCUT2D eigenvalue weighted by atomic mass is 10.0. The number of amides is 1. The summed E-state index contributed by atoms with van der Waals surface area (Å²) in [5, 5.41) is 3.23. The van der Waals surface area contributed by atoms with Crippen molar-refractivity contribution in [3.05, 3.63) is 34.1 Å². The molecule has 3 nitrogen and oxygen atoms in total. The first-order chi connectivity index (χ1) is 9.10. The van der Waals surface area contributed by atoms with Crippen LogP contribution in [0.2, 0.25) is 0 Å². The number of carbonyl (C=O) groups excluding carboxylic acids is 1. The summed E-state index contributed by atoms with van der Waals surface area (Å²) in [4.78, 5) is 14.0. The van der Waals surface area contributed by atoms with E-state index in [-0.39, 0.29) is 30.6 Å². The Labute approximate surface area is 133 Å². The van der Waals surface area contributed by atoms with Gasteiger partial charge in [0, 0.05) is 23.6 Å². The number of halogens is 3. The molecule has 1 heterocycles. The van der Waals surface area contributed by atoms with Crippen molar-refractivity contribution in [1.82, 2.24) is 10.2 Å². The topological polar surface area (TPSA) is 32.3 Å². The summed E-state index contributed by atoms with van der Waals surface area (Å²) in [5.41, 5.74) is 0.454. The summed E-state index contributed by atoms with van der Waals surface area (Å²) in [6, 6.07) is 5.20. The summed E-state index contributed by atoms with van der Waals surface area (Å²) in [7, 11) is 1.94. The molecule has 1 fully saturated rings. The van der Waals surface area contributed by atoms with Crippen molar-refractivity contribution in [3.63, 3.8) is 0 Å². The van der Waals surface area contributed by atoms with Crippen LogP contribution in [-0.2, 0) is 11.2 Å². The average molecular weight is 366 g/mol. The number of hydrogen-bond donors (Lipinski definition) is 1. The van der Waals surface area contributed by atoms with Gasteiger partial charge in [-0.15, -0.1) is 12.4 Å². The molecule has 1 N–H and O–H groups in total. The second kappa shape index (κ2) is 7.96. The average Bonchev–Trinajstić information content (AvgIpc) is 2.43. The van der Waals surface area contributed by atoms with Crippen molar-refractivity contribution >= 4 is 34.2 Å². The molecule has 0 bridgehead atoms. The van der Waals surface area contributed by atoms with Crippen LogP contribution in [0.5, 0.6) is 0 Å². The Bertz CT molecular complexity index is 464. The van der Waals surface area contributed by atoms with Crippen LogP contribution < -0.4 is 5.32 Å². The molecule has 2 rings (SSSR count). The van der Waals surface area contributed by atoms with Crippen molar-refractivity contribution in [3.8, 4) is 0 Å². The molecule has 1 amide bonds. The molecule has 6 heteroatoms. The van der Waals surface area contributed by atoms with E-state index >= 15 is 0 Å². The molecule has 1 aromatic carbocycles. The van der Waals surface area contributed by atoms with E-state index in [1.165, 1.54) is 6.07 Å². The Morgan fingerprint density at radius 3 is 2.70 bits per heavy atom. The summed E-state index contributed by atoms with van der Waals surface area (Å²) in [6.45, 7) is 1.50. The van der Waals surface area contributed by atoms with Crippen molar-refractivity contribution in [2.75, 3.05) is 20.1 Å². The number of piperidine rings is 1. The maximum atomic E-state index is 13.6. The van der Waals surface area contributed by atoms with Gasteiger partial charge >= 0.3 is 0 Å². The third-order valence-corrected chi connectivity index (χ3v) is 4.10. The van der Waals surface area contributed by atoms with E-state index in [1.807, 2.05) is 11.9 Å². The van der Waals surface area contributed by atoms with Crippen molar-refractivity contribution < 1.29 is 9.18 Å². The lowest BCUT2D eigenvalue weighted by molar-refractivity contribution is -0.131. The molecular weight excluding hydrogens is 347 g/mol. The normalized spacial score (nSPS) is 15.8. The van der Waals surface area contributed by atoms with Crippen LogP contribution in [0, 0.1) is 5.82 Å². The number of likely N-dealkylation sites (tertiary alicyclic amines) is 1. The van der Waals surface area contributed by atoms with Crippen LogP contribution >= 0.6 is 28.3 Å². The molecule has 1 aromatic rings. The maximum Gasteiger partial charge on any atom is 0.227 e. The highest BCUT2D eigenvalue weighted by Gasteiger charge is 2.22. The van der Waals surface area contributed by atoms with Gasteiger partial charge in [0.1, 0.15) is 5.82 Å². The molecular formula is C14H19BrClFN2O. The van der Waals surface area contributed by atoms with E-state index in [2.05, 4.69) is 21.2 Å². The Kier molecular flexibility index (Phi) is 6.92. The first kappa shape index (κ1) is 17.4. The second-order valence-corrected chi connectivity index (χ2v) is 5.77. The van der Waals surface area contributed by atoms with Crippen molar-refractivity contribution in [2.24, 2.45) is 0 Å². The third kappa shape index (κ3) is 4.43. The number of nitrogens with zero attached hydrogens (tertiary/aromatic N) is 1.